The van der Waals surface area contributed by atoms with Crippen LogP contribution < -0.4 is 0 Å². The van der Waals surface area contributed by atoms with E-state index < -0.39 is 0 Å². The minimum atomic E-state index is 0.263. The monoisotopic (exact) mass is 198 g/mol. The summed E-state index contributed by atoms with van der Waals surface area (Å²) in [4.78, 5) is 11.7. The van der Waals surface area contributed by atoms with E-state index in [4.69, 9.17) is 0 Å². The molecule has 1 aromatic rings. The Labute approximate surface area is 90.1 Å². The SMILES string of the molecule is CCC1=CC=C(c2ccccc2)CC1=O. The van der Waals surface area contributed by atoms with Gasteiger partial charge in [0.1, 0.15) is 0 Å². The summed E-state index contributed by atoms with van der Waals surface area (Å²) in [5.74, 6) is 0.263. The maximum absolute atomic E-state index is 11.7. The van der Waals surface area contributed by atoms with Crippen molar-refractivity contribution >= 4 is 11.4 Å². The fraction of sp³-hybridized carbons (Fsp3) is 0.214. The Morgan fingerprint density at radius 2 is 1.87 bits per heavy atom. The Morgan fingerprint density at radius 3 is 2.47 bits per heavy atom. The van der Waals surface area contributed by atoms with Gasteiger partial charge in [-0.15, -0.1) is 0 Å². The van der Waals surface area contributed by atoms with Gasteiger partial charge in [-0.2, -0.15) is 0 Å². The van der Waals surface area contributed by atoms with E-state index in [1.54, 1.807) is 0 Å². The predicted molar refractivity (Wildman–Crippen MR) is 62.4 cm³/mol. The van der Waals surface area contributed by atoms with Gasteiger partial charge in [0, 0.05) is 6.42 Å². The number of carbonyl (C=O) groups is 1. The van der Waals surface area contributed by atoms with Crippen LogP contribution in [0.5, 0.6) is 0 Å². The molecule has 0 fully saturated rings. The second-order valence-electron chi connectivity index (χ2n) is 3.70. The van der Waals surface area contributed by atoms with Crippen molar-refractivity contribution in [2.24, 2.45) is 0 Å². The van der Waals surface area contributed by atoms with Crippen LogP contribution in [-0.2, 0) is 4.79 Å². The lowest BCUT2D eigenvalue weighted by atomic mass is 9.91. The van der Waals surface area contributed by atoms with Gasteiger partial charge >= 0.3 is 0 Å². The summed E-state index contributed by atoms with van der Waals surface area (Å²) in [6, 6.07) is 10.1. The highest BCUT2D eigenvalue weighted by Crippen LogP contribution is 2.25. The molecule has 0 atom stereocenters. The van der Waals surface area contributed by atoms with Crippen LogP contribution in [0.1, 0.15) is 25.3 Å². The fourth-order valence-electron chi connectivity index (χ4n) is 1.81. The molecule has 1 aromatic carbocycles. The molecule has 15 heavy (non-hydrogen) atoms. The number of benzene rings is 1. The van der Waals surface area contributed by atoms with Gasteiger partial charge in [-0.1, -0.05) is 49.4 Å². The zero-order valence-corrected chi connectivity index (χ0v) is 8.86. The maximum atomic E-state index is 11.7. The van der Waals surface area contributed by atoms with Crippen molar-refractivity contribution in [2.75, 3.05) is 0 Å². The molecule has 0 aliphatic heterocycles. The molecular weight excluding hydrogens is 184 g/mol. The molecule has 1 heteroatoms. The van der Waals surface area contributed by atoms with Gasteiger partial charge in [0.05, 0.1) is 0 Å². The number of rotatable bonds is 2. The van der Waals surface area contributed by atoms with Crippen LogP contribution in [-0.4, -0.2) is 5.78 Å². The molecule has 0 saturated carbocycles. The summed E-state index contributed by atoms with van der Waals surface area (Å²) in [6.45, 7) is 2.02. The quantitative estimate of drug-likeness (QED) is 0.712. The van der Waals surface area contributed by atoms with E-state index in [0.717, 1.165) is 23.1 Å². The highest BCUT2D eigenvalue weighted by Gasteiger charge is 2.14. The van der Waals surface area contributed by atoms with Gasteiger partial charge in [0.15, 0.2) is 5.78 Å². The lowest BCUT2D eigenvalue weighted by molar-refractivity contribution is -0.114. The summed E-state index contributed by atoms with van der Waals surface area (Å²) in [6.07, 6.45) is 5.39. The topological polar surface area (TPSA) is 17.1 Å². The lowest BCUT2D eigenvalue weighted by Crippen LogP contribution is -2.06. The summed E-state index contributed by atoms with van der Waals surface area (Å²) in [7, 11) is 0. The first-order valence-corrected chi connectivity index (χ1v) is 5.29. The van der Waals surface area contributed by atoms with Crippen LogP contribution in [0.3, 0.4) is 0 Å². The molecule has 1 aliphatic carbocycles. The highest BCUT2D eigenvalue weighted by molar-refractivity contribution is 6.04. The number of allylic oxidation sites excluding steroid dienone is 4. The fourth-order valence-corrected chi connectivity index (χ4v) is 1.81. The molecule has 0 N–H and O–H groups in total. The third-order valence-electron chi connectivity index (χ3n) is 2.72. The average molecular weight is 198 g/mol. The van der Waals surface area contributed by atoms with Crippen molar-refractivity contribution in [2.45, 2.75) is 19.8 Å². The molecule has 0 aromatic heterocycles. The van der Waals surface area contributed by atoms with Crippen LogP contribution in [0.25, 0.3) is 5.57 Å². The minimum absolute atomic E-state index is 0.263. The number of Topliss-reactive ketones (excluding diaryl/α,β-unsaturated/α-hetero) is 1. The molecule has 2 rings (SSSR count). The molecule has 0 spiro atoms. The van der Waals surface area contributed by atoms with E-state index in [2.05, 4.69) is 6.08 Å². The zero-order valence-electron chi connectivity index (χ0n) is 8.86. The van der Waals surface area contributed by atoms with Crippen LogP contribution in [0, 0.1) is 0 Å². The first kappa shape index (κ1) is 9.91. The van der Waals surface area contributed by atoms with Gasteiger partial charge < -0.3 is 0 Å². The molecular formula is C14H14O. The van der Waals surface area contributed by atoms with E-state index in [1.165, 1.54) is 0 Å². The first-order valence-electron chi connectivity index (χ1n) is 5.29. The molecule has 0 heterocycles. The summed E-state index contributed by atoms with van der Waals surface area (Å²) in [5, 5.41) is 0. The molecule has 0 radical (unpaired) electrons. The Balaban J connectivity index is 2.31. The second kappa shape index (κ2) is 4.26. The zero-order chi connectivity index (χ0) is 10.7. The van der Waals surface area contributed by atoms with Crippen LogP contribution in [0.4, 0.5) is 0 Å². The maximum Gasteiger partial charge on any atom is 0.163 e. The van der Waals surface area contributed by atoms with E-state index in [9.17, 15) is 4.79 Å². The third kappa shape index (κ3) is 2.07. The highest BCUT2D eigenvalue weighted by atomic mass is 16.1. The van der Waals surface area contributed by atoms with E-state index >= 15 is 0 Å². The summed E-state index contributed by atoms with van der Waals surface area (Å²) < 4.78 is 0. The van der Waals surface area contributed by atoms with E-state index in [1.807, 2.05) is 43.3 Å². The molecule has 1 nitrogen and oxygen atoms in total. The van der Waals surface area contributed by atoms with Crippen LogP contribution in [0.15, 0.2) is 48.1 Å². The summed E-state index contributed by atoms with van der Waals surface area (Å²) in [5.41, 5.74) is 3.21. The Kier molecular flexibility index (Phi) is 2.82. The van der Waals surface area contributed by atoms with E-state index in [-0.39, 0.29) is 5.78 Å². The largest absolute Gasteiger partial charge is 0.294 e. The molecule has 76 valence electrons. The smallest absolute Gasteiger partial charge is 0.163 e. The number of carbonyl (C=O) groups excluding carboxylic acids is 1. The van der Waals surface area contributed by atoms with Gasteiger partial charge in [0.2, 0.25) is 0 Å². The van der Waals surface area contributed by atoms with Crippen molar-refractivity contribution in [3.8, 4) is 0 Å². The molecule has 0 bridgehead atoms. The number of ketones is 1. The molecule has 0 saturated heterocycles. The van der Waals surface area contributed by atoms with Crippen molar-refractivity contribution in [1.82, 2.24) is 0 Å². The minimum Gasteiger partial charge on any atom is -0.294 e. The van der Waals surface area contributed by atoms with Gasteiger partial charge in [-0.25, -0.2) is 0 Å². The first-order chi connectivity index (χ1) is 7.31. The van der Waals surface area contributed by atoms with Crippen molar-refractivity contribution in [3.05, 3.63) is 53.6 Å². The summed E-state index contributed by atoms with van der Waals surface area (Å²) >= 11 is 0. The third-order valence-corrected chi connectivity index (χ3v) is 2.72. The van der Waals surface area contributed by atoms with Crippen LogP contribution in [0.2, 0.25) is 0 Å². The van der Waals surface area contributed by atoms with E-state index in [0.29, 0.717) is 6.42 Å². The standard InChI is InChI=1S/C14H14O/c1-2-11-8-9-13(10-14(11)15)12-6-4-3-5-7-12/h3-9H,2,10H2,1H3. The van der Waals surface area contributed by atoms with Crippen LogP contribution >= 0.6 is 0 Å². The predicted octanol–water partition coefficient (Wildman–Crippen LogP) is 3.38. The van der Waals surface area contributed by atoms with Crippen molar-refractivity contribution < 1.29 is 4.79 Å². The normalized spacial score (nSPS) is 15.9. The second-order valence-corrected chi connectivity index (χ2v) is 3.70. The lowest BCUT2D eigenvalue weighted by Gasteiger charge is -2.12. The molecule has 1 aliphatic rings. The molecule has 0 amide bonds. The van der Waals surface area contributed by atoms with Crippen molar-refractivity contribution in [1.29, 1.82) is 0 Å². The number of hydrogen-bond acceptors (Lipinski definition) is 1. The van der Waals surface area contributed by atoms with Gasteiger partial charge in [-0.3, -0.25) is 4.79 Å². The van der Waals surface area contributed by atoms with Gasteiger partial charge in [-0.05, 0) is 23.1 Å². The number of hydrogen-bond donors (Lipinski definition) is 0. The molecule has 0 unspecified atom stereocenters. The van der Waals surface area contributed by atoms with Crippen molar-refractivity contribution in [3.63, 3.8) is 0 Å². The average Bonchev–Trinajstić information content (AvgIpc) is 2.30. The Morgan fingerprint density at radius 1 is 1.13 bits per heavy atom. The van der Waals surface area contributed by atoms with Gasteiger partial charge in [0.25, 0.3) is 0 Å². The Hall–Kier alpha value is -1.63. The Bertz CT molecular complexity index is 424.